The number of hydrogen-bond donors (Lipinski definition) is 0. The summed E-state index contributed by atoms with van der Waals surface area (Å²) in [7, 11) is 0. The third-order valence-electron chi connectivity index (χ3n) is 6.95. The van der Waals surface area contributed by atoms with Crippen molar-refractivity contribution >= 4 is 34.8 Å². The topological polar surface area (TPSA) is 126 Å². The van der Waals surface area contributed by atoms with E-state index >= 15 is 0 Å². The Morgan fingerprint density at radius 1 is 1.24 bits per heavy atom. The molecule has 2 aliphatic rings. The van der Waals surface area contributed by atoms with E-state index in [1.807, 2.05) is 32.0 Å². The highest BCUT2D eigenvalue weighted by molar-refractivity contribution is 7.07. The molecule has 1 fully saturated rings. The minimum absolute atomic E-state index is 0.0795. The molecule has 0 unspecified atom stereocenters. The molecule has 3 aromatic rings. The fourth-order valence-electron chi connectivity index (χ4n) is 5.16. The van der Waals surface area contributed by atoms with Crippen LogP contribution in [-0.4, -0.2) is 54.5 Å². The molecule has 0 aliphatic carbocycles. The predicted molar refractivity (Wildman–Crippen MR) is 159 cm³/mol. The fourth-order valence-corrected chi connectivity index (χ4v) is 6.20. The van der Waals surface area contributed by atoms with Crippen LogP contribution in [0.15, 0.2) is 63.5 Å². The second-order valence-corrected chi connectivity index (χ2v) is 11.1. The molecule has 0 bridgehead atoms. The lowest BCUT2D eigenvalue weighted by Gasteiger charge is -2.30. The number of benzene rings is 2. The van der Waals surface area contributed by atoms with Gasteiger partial charge in [-0.1, -0.05) is 29.5 Å². The summed E-state index contributed by atoms with van der Waals surface area (Å²) in [5.74, 6) is -0.0254. The molecule has 0 spiro atoms. The number of allylic oxidation sites excluding steroid dienone is 1. The number of hydrogen-bond acceptors (Lipinski definition) is 10. The van der Waals surface area contributed by atoms with Gasteiger partial charge in [-0.3, -0.25) is 19.5 Å². The number of rotatable bonds is 8. The number of non-ortho nitro benzene ring substituents is 1. The largest absolute Gasteiger partial charge is 0.491 e. The van der Waals surface area contributed by atoms with Crippen LogP contribution in [-0.2, 0) is 14.3 Å². The minimum atomic E-state index is -0.846. The average Bonchev–Trinajstić information content (AvgIpc) is 3.26. The number of carbonyl (C=O) groups excluding carboxylic acids is 1. The Morgan fingerprint density at radius 2 is 1.98 bits per heavy atom. The minimum Gasteiger partial charge on any atom is -0.491 e. The molecule has 1 saturated heterocycles. The molecule has 11 nitrogen and oxygen atoms in total. The number of ether oxygens (including phenoxy) is 3. The molecule has 2 aliphatic heterocycles. The smallest absolute Gasteiger partial charge is 0.338 e. The Balaban J connectivity index is 1.74. The number of anilines is 1. The van der Waals surface area contributed by atoms with Crippen LogP contribution in [0, 0.1) is 10.1 Å². The van der Waals surface area contributed by atoms with Gasteiger partial charge in [0, 0.05) is 42.0 Å². The summed E-state index contributed by atoms with van der Waals surface area (Å²) in [6.07, 6.45) is 1.52. The number of nitro benzene ring substituents is 1. The van der Waals surface area contributed by atoms with Crippen molar-refractivity contribution in [3.8, 4) is 5.75 Å². The lowest BCUT2D eigenvalue weighted by molar-refractivity contribution is -0.384. The number of fused-ring (bicyclic) bond motifs is 1. The van der Waals surface area contributed by atoms with Gasteiger partial charge in [-0.25, -0.2) is 9.79 Å². The zero-order chi connectivity index (χ0) is 30.0. The maximum absolute atomic E-state index is 14.2. The first-order chi connectivity index (χ1) is 20.2. The van der Waals surface area contributed by atoms with Crippen LogP contribution in [0.4, 0.5) is 11.4 Å². The van der Waals surface area contributed by atoms with E-state index in [1.54, 1.807) is 32.1 Å². The lowest BCUT2D eigenvalue weighted by atomic mass is 9.95. The zero-order valence-electron chi connectivity index (χ0n) is 23.9. The van der Waals surface area contributed by atoms with E-state index in [1.165, 1.54) is 16.7 Å². The predicted octanol–water partition coefficient (Wildman–Crippen LogP) is 3.33. The van der Waals surface area contributed by atoms with Crippen molar-refractivity contribution in [2.75, 3.05) is 37.8 Å². The monoisotopic (exact) mass is 592 g/mol. The number of nitro groups is 1. The average molecular weight is 593 g/mol. The molecule has 5 rings (SSSR count). The molecule has 220 valence electrons. The number of aromatic nitrogens is 1. The number of carbonyl (C=O) groups is 1. The molecule has 0 saturated carbocycles. The van der Waals surface area contributed by atoms with Crippen LogP contribution in [0.2, 0.25) is 0 Å². The van der Waals surface area contributed by atoms with E-state index in [0.717, 1.165) is 17.0 Å². The summed E-state index contributed by atoms with van der Waals surface area (Å²) in [6.45, 7) is 9.72. The first-order valence-electron chi connectivity index (χ1n) is 13.8. The zero-order valence-corrected chi connectivity index (χ0v) is 24.7. The lowest BCUT2D eigenvalue weighted by Crippen LogP contribution is -2.40. The van der Waals surface area contributed by atoms with Gasteiger partial charge in [0.05, 0.1) is 46.7 Å². The molecular weight excluding hydrogens is 560 g/mol. The van der Waals surface area contributed by atoms with E-state index in [2.05, 4.69) is 9.89 Å². The van der Waals surface area contributed by atoms with Crippen LogP contribution in [0.5, 0.6) is 5.75 Å². The molecular formula is C30H32N4O7S. The van der Waals surface area contributed by atoms with Crippen LogP contribution in [0.3, 0.4) is 0 Å². The fraction of sp³-hybridized carbons (Fsp3) is 0.367. The molecule has 1 aromatic heterocycles. The van der Waals surface area contributed by atoms with Crippen molar-refractivity contribution in [3.05, 3.63) is 94.7 Å². The Kier molecular flexibility index (Phi) is 8.55. The van der Waals surface area contributed by atoms with Crippen LogP contribution >= 0.6 is 11.3 Å². The number of thiazole rings is 1. The Labute approximate surface area is 246 Å². The molecule has 0 N–H and O–H groups in total. The van der Waals surface area contributed by atoms with Crippen molar-refractivity contribution < 1.29 is 23.9 Å². The van der Waals surface area contributed by atoms with Gasteiger partial charge in [-0.15, -0.1) is 0 Å². The third-order valence-corrected chi connectivity index (χ3v) is 7.94. The number of morpholine rings is 1. The third kappa shape index (κ3) is 5.72. The van der Waals surface area contributed by atoms with E-state index in [-0.39, 0.29) is 29.5 Å². The van der Waals surface area contributed by atoms with Gasteiger partial charge < -0.3 is 19.1 Å². The molecule has 0 amide bonds. The van der Waals surface area contributed by atoms with Gasteiger partial charge in [-0.05, 0) is 45.9 Å². The maximum atomic E-state index is 14.2. The summed E-state index contributed by atoms with van der Waals surface area (Å²) >= 11 is 1.16. The van der Waals surface area contributed by atoms with E-state index in [9.17, 15) is 19.7 Å². The highest BCUT2D eigenvalue weighted by Gasteiger charge is 2.35. The summed E-state index contributed by atoms with van der Waals surface area (Å²) < 4.78 is 18.8. The van der Waals surface area contributed by atoms with Gasteiger partial charge in [0.1, 0.15) is 11.8 Å². The normalized spacial score (nSPS) is 17.2. The van der Waals surface area contributed by atoms with Crippen LogP contribution in [0.25, 0.3) is 6.08 Å². The second-order valence-electron chi connectivity index (χ2n) is 10.1. The molecule has 1 atom stereocenters. The second kappa shape index (κ2) is 12.3. The highest BCUT2D eigenvalue weighted by Crippen LogP contribution is 2.36. The van der Waals surface area contributed by atoms with Gasteiger partial charge in [0.15, 0.2) is 4.80 Å². The van der Waals surface area contributed by atoms with Gasteiger partial charge in [0.25, 0.3) is 11.2 Å². The Bertz CT molecular complexity index is 1730. The van der Waals surface area contributed by atoms with Crippen molar-refractivity contribution in [1.29, 1.82) is 0 Å². The molecule has 42 heavy (non-hydrogen) atoms. The van der Waals surface area contributed by atoms with Crippen molar-refractivity contribution in [2.45, 2.75) is 39.8 Å². The summed E-state index contributed by atoms with van der Waals surface area (Å²) in [5.41, 5.74) is 2.17. The summed E-state index contributed by atoms with van der Waals surface area (Å²) in [5, 5.41) is 11.6. The van der Waals surface area contributed by atoms with Crippen LogP contribution in [0.1, 0.15) is 44.9 Å². The van der Waals surface area contributed by atoms with E-state index in [0.29, 0.717) is 58.2 Å². The van der Waals surface area contributed by atoms with E-state index < -0.39 is 16.9 Å². The quantitative estimate of drug-likeness (QED) is 0.222. The van der Waals surface area contributed by atoms with E-state index in [4.69, 9.17) is 14.2 Å². The van der Waals surface area contributed by atoms with Crippen molar-refractivity contribution in [2.24, 2.45) is 4.99 Å². The highest BCUT2D eigenvalue weighted by atomic mass is 32.1. The number of para-hydroxylation sites is 1. The molecule has 2 aromatic carbocycles. The van der Waals surface area contributed by atoms with Gasteiger partial charge >= 0.3 is 5.97 Å². The SMILES string of the molecule is CCOC(=O)C1=C(C)N=c2s/c(=C/c3cc([N+](=O)[O-])ccc3N3CCOCC3)c(=O)n2[C@@H]1c1ccccc1OC(C)C. The first kappa shape index (κ1) is 29.2. The molecule has 12 heteroatoms. The maximum Gasteiger partial charge on any atom is 0.338 e. The summed E-state index contributed by atoms with van der Waals surface area (Å²) in [6, 6.07) is 11.1. The van der Waals surface area contributed by atoms with Crippen molar-refractivity contribution in [1.82, 2.24) is 4.57 Å². The number of nitrogens with zero attached hydrogens (tertiary/aromatic N) is 4. The van der Waals surface area contributed by atoms with Gasteiger partial charge in [-0.2, -0.15) is 0 Å². The first-order valence-corrected chi connectivity index (χ1v) is 14.6. The van der Waals surface area contributed by atoms with Gasteiger partial charge in [0.2, 0.25) is 0 Å². The summed E-state index contributed by atoms with van der Waals surface area (Å²) in [4.78, 5) is 45.8. The molecule has 0 radical (unpaired) electrons. The number of esters is 1. The molecule has 3 heterocycles. The Morgan fingerprint density at radius 3 is 2.67 bits per heavy atom. The standard InChI is InChI=1S/C30H32N4O7S/c1-5-40-29(36)26-19(4)31-30-33(27(26)22-8-6-7-9-24(22)41-18(2)3)28(35)25(42-30)17-20-16-21(34(37)38)10-11-23(20)32-12-14-39-15-13-32/h6-11,16-18,27H,5,12-15H2,1-4H3/b25-17+/t27-/m1/s1. The van der Waals surface area contributed by atoms with Crippen LogP contribution < -0.4 is 24.5 Å². The van der Waals surface area contributed by atoms with Crippen molar-refractivity contribution in [3.63, 3.8) is 0 Å². The Hall–Kier alpha value is -4.29.